The zero-order chi connectivity index (χ0) is 22.7. The summed E-state index contributed by atoms with van der Waals surface area (Å²) >= 11 is 0. The van der Waals surface area contributed by atoms with Crippen molar-refractivity contribution in [3.63, 3.8) is 0 Å². The number of rotatable bonds is 8. The van der Waals surface area contributed by atoms with Crippen LogP contribution < -0.4 is 14.4 Å². The third-order valence-electron chi connectivity index (χ3n) is 6.78. The van der Waals surface area contributed by atoms with Gasteiger partial charge in [0.05, 0.1) is 20.3 Å². The molecular weight excluding hydrogens is 402 g/mol. The van der Waals surface area contributed by atoms with E-state index in [9.17, 15) is 4.79 Å². The van der Waals surface area contributed by atoms with E-state index in [0.29, 0.717) is 18.0 Å². The molecule has 1 amide bonds. The first kappa shape index (κ1) is 22.5. The first-order valence-corrected chi connectivity index (χ1v) is 11.5. The summed E-state index contributed by atoms with van der Waals surface area (Å²) in [5.74, 6) is 1.47. The predicted molar refractivity (Wildman–Crippen MR) is 128 cm³/mol. The highest BCUT2D eigenvalue weighted by molar-refractivity contribution is 6.00. The van der Waals surface area contributed by atoms with E-state index in [0.717, 1.165) is 62.3 Å². The Morgan fingerprint density at radius 1 is 1.03 bits per heavy atom. The Hall–Kier alpha value is -2.73. The molecule has 0 spiro atoms. The molecule has 4 rings (SSSR count). The molecule has 1 radical (unpaired) electrons. The van der Waals surface area contributed by atoms with Crippen molar-refractivity contribution in [2.45, 2.75) is 32.4 Å². The molecule has 2 heterocycles. The zero-order valence-corrected chi connectivity index (χ0v) is 19.5. The van der Waals surface area contributed by atoms with Crippen molar-refractivity contribution in [3.8, 4) is 11.5 Å². The van der Waals surface area contributed by atoms with E-state index in [2.05, 4.69) is 29.7 Å². The molecule has 0 unspecified atom stereocenters. The molecule has 2 aromatic rings. The average Bonchev–Trinajstić information content (AvgIpc) is 3.18. The van der Waals surface area contributed by atoms with Crippen LogP contribution in [0.2, 0.25) is 0 Å². The number of nitrogens with zero attached hydrogens (tertiary/aromatic N) is 3. The molecule has 1 atom stereocenters. The zero-order valence-electron chi connectivity index (χ0n) is 19.5. The summed E-state index contributed by atoms with van der Waals surface area (Å²) in [6.45, 7) is 12.1. The summed E-state index contributed by atoms with van der Waals surface area (Å²) in [6, 6.07) is 12.0. The van der Waals surface area contributed by atoms with E-state index in [1.165, 1.54) is 5.69 Å². The second kappa shape index (κ2) is 9.82. The van der Waals surface area contributed by atoms with Gasteiger partial charge < -0.3 is 24.2 Å². The van der Waals surface area contributed by atoms with Crippen molar-refractivity contribution in [2.24, 2.45) is 0 Å². The minimum absolute atomic E-state index is 0.0583. The minimum atomic E-state index is -0.0583. The number of carbonyl (C=O) groups excluding carboxylic acids is 1. The number of hydrogen-bond acceptors (Lipinski definition) is 5. The van der Waals surface area contributed by atoms with E-state index in [4.69, 9.17) is 9.47 Å². The fourth-order valence-corrected chi connectivity index (χ4v) is 4.95. The van der Waals surface area contributed by atoms with Gasteiger partial charge in [0.15, 0.2) is 11.5 Å². The molecule has 32 heavy (non-hydrogen) atoms. The van der Waals surface area contributed by atoms with Crippen LogP contribution in [0.5, 0.6) is 11.5 Å². The first-order valence-electron chi connectivity index (χ1n) is 11.5. The molecule has 6 heteroatoms. The van der Waals surface area contributed by atoms with Crippen LogP contribution in [0.15, 0.2) is 36.4 Å². The maximum atomic E-state index is 13.5. The Balaban J connectivity index is 1.63. The molecular formula is C26H34N3O3. The van der Waals surface area contributed by atoms with E-state index in [-0.39, 0.29) is 11.9 Å². The van der Waals surface area contributed by atoms with Gasteiger partial charge in [0.25, 0.3) is 5.91 Å². The highest BCUT2D eigenvalue weighted by Gasteiger charge is 2.36. The van der Waals surface area contributed by atoms with E-state index < -0.39 is 0 Å². The van der Waals surface area contributed by atoms with E-state index in [1.807, 2.05) is 35.2 Å². The summed E-state index contributed by atoms with van der Waals surface area (Å²) in [5, 5.41) is 0. The lowest BCUT2D eigenvalue weighted by molar-refractivity contribution is 0.0692. The highest BCUT2D eigenvalue weighted by atomic mass is 16.5. The number of benzene rings is 2. The van der Waals surface area contributed by atoms with Crippen molar-refractivity contribution in [3.05, 3.63) is 60.0 Å². The van der Waals surface area contributed by atoms with Gasteiger partial charge in [-0.05, 0) is 42.8 Å². The number of hydrogen-bond donors (Lipinski definition) is 0. The van der Waals surface area contributed by atoms with Crippen LogP contribution >= 0.6 is 0 Å². The van der Waals surface area contributed by atoms with Crippen LogP contribution in [0.4, 0.5) is 5.69 Å². The number of methoxy groups -OCH3 is 2. The number of ether oxygens (including phenoxy) is 2. The lowest BCUT2D eigenvalue weighted by Gasteiger charge is -2.36. The van der Waals surface area contributed by atoms with Gasteiger partial charge in [-0.15, -0.1) is 0 Å². The van der Waals surface area contributed by atoms with Crippen molar-refractivity contribution < 1.29 is 14.3 Å². The molecule has 0 bridgehead atoms. The topological polar surface area (TPSA) is 45.3 Å². The Bertz CT molecular complexity index is 953. The third-order valence-corrected chi connectivity index (χ3v) is 6.78. The summed E-state index contributed by atoms with van der Waals surface area (Å²) in [6.07, 6.45) is 1.53. The van der Waals surface area contributed by atoms with Crippen molar-refractivity contribution in [2.75, 3.05) is 51.8 Å². The van der Waals surface area contributed by atoms with Gasteiger partial charge in [0.1, 0.15) is 0 Å². The Labute approximate surface area is 191 Å². The predicted octanol–water partition coefficient (Wildman–Crippen LogP) is 4.16. The molecule has 0 saturated carbocycles. The monoisotopic (exact) mass is 436 g/mol. The van der Waals surface area contributed by atoms with E-state index in [1.54, 1.807) is 14.2 Å². The van der Waals surface area contributed by atoms with Crippen molar-refractivity contribution in [1.29, 1.82) is 0 Å². The molecule has 1 fully saturated rings. The second-order valence-corrected chi connectivity index (χ2v) is 8.43. The van der Waals surface area contributed by atoms with Crippen LogP contribution in [-0.4, -0.2) is 62.7 Å². The lowest BCUT2D eigenvalue weighted by Crippen LogP contribution is -2.46. The smallest absolute Gasteiger partial charge is 0.255 e. The summed E-state index contributed by atoms with van der Waals surface area (Å²) in [4.78, 5) is 20.4. The molecule has 0 N–H and O–H groups in total. The van der Waals surface area contributed by atoms with Gasteiger partial charge in [-0.25, -0.2) is 0 Å². The molecule has 0 aliphatic carbocycles. The molecule has 0 aromatic heterocycles. The number of likely N-dealkylation sites (N-methyl/N-ethyl adjacent to an activating group) is 1. The molecule has 2 aliphatic rings. The maximum Gasteiger partial charge on any atom is 0.255 e. The van der Waals surface area contributed by atoms with Crippen LogP contribution in [0.3, 0.4) is 0 Å². The Kier molecular flexibility index (Phi) is 6.89. The summed E-state index contributed by atoms with van der Waals surface area (Å²) < 4.78 is 10.9. The maximum absolute atomic E-state index is 13.5. The number of carbonyl (C=O) groups is 1. The van der Waals surface area contributed by atoms with Crippen molar-refractivity contribution >= 4 is 11.6 Å². The fraction of sp³-hybridized carbons (Fsp3) is 0.462. The van der Waals surface area contributed by atoms with Gasteiger partial charge in [-0.1, -0.05) is 32.4 Å². The number of piperazine rings is 1. The SMILES string of the molecule is [CH2]CC[C@H](c1ccc(OC)c(OC)c1)N1Cc2c(cccc2N2CCN(CC)CC2)C1=O. The normalized spacial score (nSPS) is 17.4. The number of anilines is 1. The third kappa shape index (κ3) is 4.16. The number of fused-ring (bicyclic) bond motifs is 1. The minimum Gasteiger partial charge on any atom is -0.493 e. The summed E-state index contributed by atoms with van der Waals surface area (Å²) in [7, 11) is 3.27. The van der Waals surface area contributed by atoms with Gasteiger partial charge >= 0.3 is 0 Å². The molecule has 171 valence electrons. The van der Waals surface area contributed by atoms with Gasteiger partial charge in [-0.3, -0.25) is 4.79 Å². The fourth-order valence-electron chi connectivity index (χ4n) is 4.95. The summed E-state index contributed by atoms with van der Waals surface area (Å²) in [5.41, 5.74) is 4.23. The highest BCUT2D eigenvalue weighted by Crippen LogP contribution is 2.40. The quantitative estimate of drug-likeness (QED) is 0.622. The van der Waals surface area contributed by atoms with Gasteiger partial charge in [0, 0.05) is 49.5 Å². The molecule has 2 aromatic carbocycles. The Morgan fingerprint density at radius 2 is 1.78 bits per heavy atom. The molecule has 6 nitrogen and oxygen atoms in total. The van der Waals surface area contributed by atoms with Crippen LogP contribution in [0.1, 0.15) is 47.3 Å². The van der Waals surface area contributed by atoms with E-state index >= 15 is 0 Å². The van der Waals surface area contributed by atoms with Gasteiger partial charge in [0.2, 0.25) is 0 Å². The molecule has 1 saturated heterocycles. The van der Waals surface area contributed by atoms with Crippen molar-refractivity contribution in [1.82, 2.24) is 9.80 Å². The van der Waals surface area contributed by atoms with Crippen LogP contribution in [0.25, 0.3) is 0 Å². The second-order valence-electron chi connectivity index (χ2n) is 8.43. The lowest BCUT2D eigenvalue weighted by atomic mass is 10.00. The number of amides is 1. The average molecular weight is 437 g/mol. The first-order chi connectivity index (χ1) is 15.6. The standard InChI is InChI=1S/C26H34N3O3/c1-5-8-22(19-11-12-24(31-3)25(17-19)32-4)29-18-21-20(26(29)30)9-7-10-23(21)28-15-13-27(6-2)14-16-28/h7,9-12,17,22H,1,5-6,8,13-16,18H2,2-4H3/t22-/m1/s1. The van der Waals surface area contributed by atoms with Crippen LogP contribution in [0, 0.1) is 6.92 Å². The van der Waals surface area contributed by atoms with Crippen LogP contribution in [-0.2, 0) is 6.54 Å². The molecule has 2 aliphatic heterocycles. The largest absolute Gasteiger partial charge is 0.493 e. The van der Waals surface area contributed by atoms with Gasteiger partial charge in [-0.2, -0.15) is 0 Å². The Morgan fingerprint density at radius 3 is 2.44 bits per heavy atom.